The molecule has 0 spiro atoms. The second-order valence-electron chi connectivity index (χ2n) is 6.67. The van der Waals surface area contributed by atoms with Gasteiger partial charge in [0, 0.05) is 10.8 Å². The van der Waals surface area contributed by atoms with Crippen molar-refractivity contribution in [2.24, 2.45) is 0 Å². The number of carboxylic acid groups (broad SMARTS) is 1. The Balaban J connectivity index is 1.65. The van der Waals surface area contributed by atoms with E-state index in [1.54, 1.807) is 24.3 Å². The Morgan fingerprint density at radius 3 is 2.10 bits per heavy atom. The van der Waals surface area contributed by atoms with Crippen molar-refractivity contribution < 1.29 is 9.90 Å². The van der Waals surface area contributed by atoms with E-state index in [0.29, 0.717) is 28.0 Å². The van der Waals surface area contributed by atoms with E-state index < -0.39 is 5.97 Å². The normalized spacial score (nSPS) is 11.0. The van der Waals surface area contributed by atoms with Crippen LogP contribution in [0.3, 0.4) is 0 Å². The third-order valence-electron chi connectivity index (χ3n) is 4.82. The largest absolute Gasteiger partial charge is 0.478 e. The number of hydrogen-bond acceptors (Lipinski definition) is 4. The van der Waals surface area contributed by atoms with Crippen molar-refractivity contribution in [2.75, 3.05) is 0 Å². The quantitative estimate of drug-likeness (QED) is 0.467. The van der Waals surface area contributed by atoms with Crippen molar-refractivity contribution in [1.29, 1.82) is 0 Å². The van der Waals surface area contributed by atoms with E-state index in [-0.39, 0.29) is 5.56 Å². The molecule has 0 unspecified atom stereocenters. The number of hydrogen-bond donors (Lipinski definition) is 1. The van der Waals surface area contributed by atoms with E-state index in [4.69, 9.17) is 9.97 Å². The van der Waals surface area contributed by atoms with Gasteiger partial charge in [-0.1, -0.05) is 48.5 Å². The summed E-state index contributed by atoms with van der Waals surface area (Å²) < 4.78 is 0. The lowest BCUT2D eigenvalue weighted by molar-refractivity contribution is 0.0699. The summed E-state index contributed by atoms with van der Waals surface area (Å²) >= 11 is 0. The Morgan fingerprint density at radius 1 is 0.621 bits per heavy atom. The molecule has 0 amide bonds. The number of fused-ring (bicyclic) bond motifs is 2. The number of pyridine rings is 3. The molecule has 29 heavy (non-hydrogen) atoms. The highest BCUT2D eigenvalue weighted by Crippen LogP contribution is 2.26. The van der Waals surface area contributed by atoms with Crippen molar-refractivity contribution in [1.82, 2.24) is 15.0 Å². The highest BCUT2D eigenvalue weighted by Gasteiger charge is 2.14. The lowest BCUT2D eigenvalue weighted by atomic mass is 10.1. The molecule has 0 bridgehead atoms. The molecule has 3 heterocycles. The number of para-hydroxylation sites is 2. The van der Waals surface area contributed by atoms with Crippen LogP contribution in [0.1, 0.15) is 10.4 Å². The standard InChI is InChI=1S/C24H15N3O2/c28-24(29)17-14-23(26-19-9-4-2-7-16(17)19)21-11-5-10-20(27-21)22-13-12-15-6-1-3-8-18(15)25-22/h1-14H,(H,28,29). The van der Waals surface area contributed by atoms with Gasteiger partial charge >= 0.3 is 5.97 Å². The Kier molecular flexibility index (Phi) is 3.99. The molecule has 0 saturated heterocycles. The summed E-state index contributed by atoms with van der Waals surface area (Å²) in [4.78, 5) is 25.8. The molecule has 0 aliphatic carbocycles. The van der Waals surface area contributed by atoms with E-state index in [0.717, 1.165) is 16.6 Å². The number of carbonyl (C=O) groups is 1. The SMILES string of the molecule is O=C(O)c1cc(-c2cccc(-c3ccc4ccccc4n3)n2)nc2ccccc12. The molecule has 1 N–H and O–H groups in total. The summed E-state index contributed by atoms with van der Waals surface area (Å²) in [6.07, 6.45) is 0. The first kappa shape index (κ1) is 17.0. The van der Waals surface area contributed by atoms with Gasteiger partial charge in [0.2, 0.25) is 0 Å². The van der Waals surface area contributed by atoms with E-state index in [1.807, 2.05) is 60.7 Å². The molecular formula is C24H15N3O2. The Labute approximate surface area is 166 Å². The van der Waals surface area contributed by atoms with Gasteiger partial charge in [0.15, 0.2) is 0 Å². The average Bonchev–Trinajstić information content (AvgIpc) is 2.78. The lowest BCUT2D eigenvalue weighted by Crippen LogP contribution is -2.01. The van der Waals surface area contributed by atoms with Crippen LogP contribution in [-0.4, -0.2) is 26.0 Å². The minimum absolute atomic E-state index is 0.210. The maximum Gasteiger partial charge on any atom is 0.336 e. The molecule has 3 aromatic heterocycles. The van der Waals surface area contributed by atoms with Crippen LogP contribution < -0.4 is 0 Å². The van der Waals surface area contributed by atoms with Crippen LogP contribution in [0.5, 0.6) is 0 Å². The number of carboxylic acids is 1. The minimum atomic E-state index is -0.989. The second kappa shape index (κ2) is 6.80. The number of nitrogens with zero attached hydrogens (tertiary/aromatic N) is 3. The van der Waals surface area contributed by atoms with Crippen LogP contribution in [0.25, 0.3) is 44.6 Å². The molecular weight excluding hydrogens is 362 g/mol. The first-order valence-corrected chi connectivity index (χ1v) is 9.16. The number of aromatic nitrogens is 3. The van der Waals surface area contributed by atoms with Crippen LogP contribution in [0.2, 0.25) is 0 Å². The topological polar surface area (TPSA) is 76.0 Å². The van der Waals surface area contributed by atoms with Gasteiger partial charge < -0.3 is 5.11 Å². The molecule has 0 saturated carbocycles. The average molecular weight is 377 g/mol. The van der Waals surface area contributed by atoms with Gasteiger partial charge in [-0.15, -0.1) is 0 Å². The maximum atomic E-state index is 11.8. The molecule has 0 aliphatic heterocycles. The zero-order chi connectivity index (χ0) is 19.8. The number of rotatable bonds is 3. The smallest absolute Gasteiger partial charge is 0.336 e. The van der Waals surface area contributed by atoms with Gasteiger partial charge in [0.05, 0.1) is 39.4 Å². The van der Waals surface area contributed by atoms with Crippen LogP contribution in [0.4, 0.5) is 0 Å². The lowest BCUT2D eigenvalue weighted by Gasteiger charge is -2.08. The van der Waals surface area contributed by atoms with E-state index in [2.05, 4.69) is 4.98 Å². The van der Waals surface area contributed by atoms with Gasteiger partial charge in [0.25, 0.3) is 0 Å². The van der Waals surface area contributed by atoms with Gasteiger partial charge in [-0.05, 0) is 36.4 Å². The zero-order valence-electron chi connectivity index (χ0n) is 15.3. The molecule has 0 aliphatic rings. The molecule has 5 nitrogen and oxygen atoms in total. The van der Waals surface area contributed by atoms with Crippen molar-refractivity contribution in [3.63, 3.8) is 0 Å². The van der Waals surface area contributed by atoms with Crippen LogP contribution in [-0.2, 0) is 0 Å². The molecule has 0 fully saturated rings. The molecule has 138 valence electrons. The van der Waals surface area contributed by atoms with Crippen molar-refractivity contribution >= 4 is 27.8 Å². The summed E-state index contributed by atoms with van der Waals surface area (Å²) in [6, 6.07) is 26.3. The first-order chi connectivity index (χ1) is 14.2. The predicted molar refractivity (Wildman–Crippen MR) is 113 cm³/mol. The summed E-state index contributed by atoms with van der Waals surface area (Å²) in [5.74, 6) is -0.989. The van der Waals surface area contributed by atoms with Crippen LogP contribution in [0, 0.1) is 0 Å². The molecule has 2 aromatic carbocycles. The van der Waals surface area contributed by atoms with Crippen LogP contribution in [0.15, 0.2) is 84.9 Å². The molecule has 5 heteroatoms. The fraction of sp³-hybridized carbons (Fsp3) is 0. The number of aromatic carboxylic acids is 1. The third-order valence-corrected chi connectivity index (χ3v) is 4.82. The van der Waals surface area contributed by atoms with Crippen molar-refractivity contribution in [2.45, 2.75) is 0 Å². The highest BCUT2D eigenvalue weighted by atomic mass is 16.4. The fourth-order valence-corrected chi connectivity index (χ4v) is 3.41. The zero-order valence-corrected chi connectivity index (χ0v) is 15.3. The first-order valence-electron chi connectivity index (χ1n) is 9.16. The number of benzene rings is 2. The summed E-state index contributed by atoms with van der Waals surface area (Å²) in [5, 5.41) is 11.3. The van der Waals surface area contributed by atoms with Gasteiger partial charge in [-0.25, -0.2) is 19.7 Å². The fourth-order valence-electron chi connectivity index (χ4n) is 3.41. The van der Waals surface area contributed by atoms with E-state index >= 15 is 0 Å². The Morgan fingerprint density at radius 2 is 1.28 bits per heavy atom. The molecule has 5 aromatic rings. The van der Waals surface area contributed by atoms with Gasteiger partial charge in [-0.3, -0.25) is 0 Å². The Hall–Kier alpha value is -4.12. The van der Waals surface area contributed by atoms with Gasteiger partial charge in [-0.2, -0.15) is 0 Å². The van der Waals surface area contributed by atoms with E-state index in [1.165, 1.54) is 0 Å². The predicted octanol–water partition coefficient (Wildman–Crippen LogP) is 5.21. The molecule has 0 radical (unpaired) electrons. The van der Waals surface area contributed by atoms with Crippen LogP contribution >= 0.6 is 0 Å². The molecule has 0 atom stereocenters. The summed E-state index contributed by atoms with van der Waals surface area (Å²) in [6.45, 7) is 0. The summed E-state index contributed by atoms with van der Waals surface area (Å²) in [7, 11) is 0. The van der Waals surface area contributed by atoms with Gasteiger partial charge in [0.1, 0.15) is 0 Å². The van der Waals surface area contributed by atoms with Crippen molar-refractivity contribution in [3.8, 4) is 22.8 Å². The second-order valence-corrected chi connectivity index (χ2v) is 6.67. The maximum absolute atomic E-state index is 11.8. The van der Waals surface area contributed by atoms with E-state index in [9.17, 15) is 9.90 Å². The minimum Gasteiger partial charge on any atom is -0.478 e. The summed E-state index contributed by atoms with van der Waals surface area (Å²) in [5.41, 5.74) is 4.31. The van der Waals surface area contributed by atoms with Crippen molar-refractivity contribution in [3.05, 3.63) is 90.5 Å². The Bertz CT molecular complexity index is 1400. The third kappa shape index (κ3) is 3.08. The monoisotopic (exact) mass is 377 g/mol. The molecule has 5 rings (SSSR count). The highest BCUT2D eigenvalue weighted by molar-refractivity contribution is 6.03.